The third kappa shape index (κ3) is 3.56. The highest BCUT2D eigenvalue weighted by molar-refractivity contribution is 7.89. The Hall–Kier alpha value is -1.11. The van der Waals surface area contributed by atoms with Gasteiger partial charge in [0.25, 0.3) is 0 Å². The molecule has 0 unspecified atom stereocenters. The zero-order valence-corrected chi connectivity index (χ0v) is 13.0. The fraction of sp³-hybridized carbons (Fsp3) is 0.600. The summed E-state index contributed by atoms with van der Waals surface area (Å²) in [7, 11) is -3.43. The molecule has 3 N–H and O–H groups in total. The van der Waals surface area contributed by atoms with Gasteiger partial charge in [-0.3, -0.25) is 0 Å². The molecule has 2 aliphatic rings. The zero-order valence-electron chi connectivity index (χ0n) is 12.2. The molecule has 0 heterocycles. The second-order valence-electron chi connectivity index (χ2n) is 5.93. The molecule has 3 rings (SSSR count). The number of nitrogens with two attached hydrogens (primary N) is 1. The summed E-state index contributed by atoms with van der Waals surface area (Å²) in [4.78, 5) is 2.62. The molecule has 0 amide bonds. The number of rotatable bonds is 8. The van der Waals surface area contributed by atoms with E-state index in [1.807, 2.05) is 12.1 Å². The second-order valence-corrected chi connectivity index (χ2v) is 7.61. The summed E-state index contributed by atoms with van der Waals surface area (Å²) < 4.78 is 27.9. The Kier molecular flexibility index (Phi) is 4.19. The van der Waals surface area contributed by atoms with Crippen LogP contribution in [0.4, 0.5) is 5.69 Å². The molecule has 0 radical (unpaired) electrons. The first-order valence-corrected chi connectivity index (χ1v) is 9.18. The molecular weight excluding hydrogens is 286 g/mol. The molecule has 0 spiro atoms. The normalized spacial score (nSPS) is 18.7. The van der Waals surface area contributed by atoms with E-state index in [1.54, 1.807) is 12.1 Å². The lowest BCUT2D eigenvalue weighted by Crippen LogP contribution is -2.32. The Bertz CT molecular complexity index is 595. The van der Waals surface area contributed by atoms with Gasteiger partial charge in [-0.05, 0) is 50.8 Å². The summed E-state index contributed by atoms with van der Waals surface area (Å²) in [5.41, 5.74) is 6.44. The third-order valence-electron chi connectivity index (χ3n) is 3.95. The van der Waals surface area contributed by atoms with E-state index in [2.05, 4.69) is 9.62 Å². The van der Waals surface area contributed by atoms with Crippen LogP contribution in [0, 0.1) is 0 Å². The van der Waals surface area contributed by atoms with E-state index in [-0.39, 0.29) is 6.04 Å². The Morgan fingerprint density at radius 3 is 2.52 bits per heavy atom. The van der Waals surface area contributed by atoms with E-state index in [9.17, 15) is 8.42 Å². The first-order chi connectivity index (χ1) is 10.1. The van der Waals surface area contributed by atoms with Crippen molar-refractivity contribution in [3.05, 3.63) is 24.3 Å². The van der Waals surface area contributed by atoms with Gasteiger partial charge in [0.1, 0.15) is 4.90 Å². The molecule has 1 aromatic rings. The highest BCUT2D eigenvalue weighted by Crippen LogP contribution is 2.36. The van der Waals surface area contributed by atoms with E-state index in [1.165, 1.54) is 0 Å². The van der Waals surface area contributed by atoms with Crippen LogP contribution < -0.4 is 15.4 Å². The van der Waals surface area contributed by atoms with Crippen LogP contribution in [0.25, 0.3) is 0 Å². The largest absolute Gasteiger partial charge is 0.367 e. The number of anilines is 1. The van der Waals surface area contributed by atoms with Crippen molar-refractivity contribution in [3.63, 3.8) is 0 Å². The number of sulfonamides is 1. The summed E-state index contributed by atoms with van der Waals surface area (Å²) in [6.07, 6.45) is 5.03. The number of benzene rings is 1. The Morgan fingerprint density at radius 2 is 1.90 bits per heavy atom. The van der Waals surface area contributed by atoms with Crippen LogP contribution in [0.1, 0.15) is 32.1 Å². The Morgan fingerprint density at radius 1 is 1.19 bits per heavy atom. The van der Waals surface area contributed by atoms with Crippen LogP contribution in [0.3, 0.4) is 0 Å². The van der Waals surface area contributed by atoms with E-state index < -0.39 is 10.0 Å². The van der Waals surface area contributed by atoms with Crippen LogP contribution in [0.5, 0.6) is 0 Å². The first-order valence-electron chi connectivity index (χ1n) is 7.70. The number of hydrogen-bond donors (Lipinski definition) is 2. The Balaban J connectivity index is 1.90. The third-order valence-corrected chi connectivity index (χ3v) is 5.52. The number of hydrogen-bond acceptors (Lipinski definition) is 4. The molecule has 1 aromatic carbocycles. The number of para-hydroxylation sites is 1. The predicted molar refractivity (Wildman–Crippen MR) is 83.8 cm³/mol. The average Bonchev–Trinajstić information content (AvgIpc) is 3.34. The monoisotopic (exact) mass is 309 g/mol. The maximum atomic E-state index is 12.6. The SMILES string of the molecule is NCCCN(c1ccccc1S(=O)(=O)NC1CC1)C1CC1. The van der Waals surface area contributed by atoms with E-state index in [0.717, 1.165) is 44.3 Å². The highest BCUT2D eigenvalue weighted by atomic mass is 32.2. The molecule has 0 atom stereocenters. The second kappa shape index (κ2) is 5.94. The summed E-state index contributed by atoms with van der Waals surface area (Å²) in [6, 6.07) is 7.91. The average molecular weight is 309 g/mol. The van der Waals surface area contributed by atoms with Gasteiger partial charge in [-0.1, -0.05) is 12.1 Å². The maximum absolute atomic E-state index is 12.6. The minimum Gasteiger partial charge on any atom is -0.367 e. The highest BCUT2D eigenvalue weighted by Gasteiger charge is 2.34. The lowest BCUT2D eigenvalue weighted by atomic mass is 10.2. The topological polar surface area (TPSA) is 75.4 Å². The van der Waals surface area contributed by atoms with Gasteiger partial charge >= 0.3 is 0 Å². The van der Waals surface area contributed by atoms with Gasteiger partial charge in [0.2, 0.25) is 10.0 Å². The molecule has 6 heteroatoms. The van der Waals surface area contributed by atoms with Crippen LogP contribution >= 0.6 is 0 Å². The van der Waals surface area contributed by atoms with Crippen molar-refractivity contribution < 1.29 is 8.42 Å². The van der Waals surface area contributed by atoms with Crippen molar-refractivity contribution in [1.82, 2.24) is 4.72 Å². The predicted octanol–water partition coefficient (Wildman–Crippen LogP) is 1.44. The molecule has 116 valence electrons. The van der Waals surface area contributed by atoms with Gasteiger partial charge in [0.05, 0.1) is 5.69 Å². The molecule has 2 saturated carbocycles. The minimum absolute atomic E-state index is 0.126. The lowest BCUT2D eigenvalue weighted by molar-refractivity contribution is 0.580. The van der Waals surface area contributed by atoms with Gasteiger partial charge in [-0.25, -0.2) is 13.1 Å². The lowest BCUT2D eigenvalue weighted by Gasteiger charge is -2.27. The minimum atomic E-state index is -3.43. The van der Waals surface area contributed by atoms with Gasteiger partial charge in [0.15, 0.2) is 0 Å². The molecule has 0 aliphatic heterocycles. The van der Waals surface area contributed by atoms with Crippen LogP contribution in [-0.2, 0) is 10.0 Å². The van der Waals surface area contributed by atoms with Crippen molar-refractivity contribution in [3.8, 4) is 0 Å². The molecule has 5 nitrogen and oxygen atoms in total. The molecular formula is C15H23N3O2S. The standard InChI is InChI=1S/C15H23N3O2S/c16-10-3-11-18(13-8-9-13)14-4-1-2-5-15(14)21(19,20)17-12-6-7-12/h1-2,4-5,12-13,17H,3,6-11,16H2. The van der Waals surface area contributed by atoms with Gasteiger partial charge in [0, 0.05) is 18.6 Å². The van der Waals surface area contributed by atoms with Gasteiger partial charge in [-0.2, -0.15) is 0 Å². The summed E-state index contributed by atoms with van der Waals surface area (Å²) >= 11 is 0. The molecule has 0 saturated heterocycles. The number of nitrogens with zero attached hydrogens (tertiary/aromatic N) is 1. The fourth-order valence-corrected chi connectivity index (χ4v) is 4.07. The number of nitrogens with one attached hydrogen (secondary N) is 1. The maximum Gasteiger partial charge on any atom is 0.242 e. The molecule has 0 aromatic heterocycles. The zero-order chi connectivity index (χ0) is 14.9. The van der Waals surface area contributed by atoms with Crippen molar-refractivity contribution >= 4 is 15.7 Å². The van der Waals surface area contributed by atoms with Gasteiger partial charge < -0.3 is 10.6 Å². The van der Waals surface area contributed by atoms with Gasteiger partial charge in [-0.15, -0.1) is 0 Å². The van der Waals surface area contributed by atoms with Crippen LogP contribution in [0.2, 0.25) is 0 Å². The van der Waals surface area contributed by atoms with E-state index in [4.69, 9.17) is 5.73 Å². The fourth-order valence-electron chi connectivity index (χ4n) is 2.55. The van der Waals surface area contributed by atoms with E-state index >= 15 is 0 Å². The molecule has 21 heavy (non-hydrogen) atoms. The van der Waals surface area contributed by atoms with Crippen molar-refractivity contribution in [2.75, 3.05) is 18.0 Å². The molecule has 2 aliphatic carbocycles. The van der Waals surface area contributed by atoms with Crippen molar-refractivity contribution in [2.45, 2.75) is 49.1 Å². The summed E-state index contributed by atoms with van der Waals surface area (Å²) in [6.45, 7) is 1.44. The molecule has 0 bridgehead atoms. The Labute approximate surface area is 126 Å². The quantitative estimate of drug-likeness (QED) is 0.762. The molecule has 2 fully saturated rings. The summed E-state index contributed by atoms with van der Waals surface area (Å²) in [5.74, 6) is 0. The van der Waals surface area contributed by atoms with E-state index in [0.29, 0.717) is 17.5 Å². The van der Waals surface area contributed by atoms with Crippen molar-refractivity contribution in [2.24, 2.45) is 5.73 Å². The summed E-state index contributed by atoms with van der Waals surface area (Å²) in [5, 5.41) is 0. The van der Waals surface area contributed by atoms with Crippen LogP contribution in [-0.4, -0.2) is 33.6 Å². The van der Waals surface area contributed by atoms with Crippen molar-refractivity contribution in [1.29, 1.82) is 0 Å². The van der Waals surface area contributed by atoms with Crippen LogP contribution in [0.15, 0.2) is 29.2 Å². The first kappa shape index (κ1) is 14.8. The smallest absolute Gasteiger partial charge is 0.242 e.